The molecule has 0 aliphatic carbocycles. The van der Waals surface area contributed by atoms with Gasteiger partial charge in [0, 0.05) is 25.2 Å². The second-order valence-corrected chi connectivity index (χ2v) is 3.88. The zero-order chi connectivity index (χ0) is 9.45. The first kappa shape index (κ1) is 11.9. The summed E-state index contributed by atoms with van der Waals surface area (Å²) in [6.07, 6.45) is 2.68. The van der Waals surface area contributed by atoms with E-state index in [0.29, 0.717) is 0 Å². The molecule has 0 rings (SSSR count). The summed E-state index contributed by atoms with van der Waals surface area (Å²) in [6.45, 7) is 6.19. The third-order valence-corrected chi connectivity index (χ3v) is 1.92. The Morgan fingerprint density at radius 1 is 1.50 bits per heavy atom. The summed E-state index contributed by atoms with van der Waals surface area (Å²) >= 11 is 5.35. The molecule has 0 spiro atoms. The van der Waals surface area contributed by atoms with Gasteiger partial charge in [0.25, 0.3) is 0 Å². The number of rotatable bonds is 6. The third-order valence-electron chi connectivity index (χ3n) is 1.74. The SMILES string of the molecule is CC(C)(CCO)CNC/C=C/Cl. The van der Waals surface area contributed by atoms with Crippen molar-refractivity contribution in [1.29, 1.82) is 0 Å². The second-order valence-electron chi connectivity index (χ2n) is 3.63. The summed E-state index contributed by atoms with van der Waals surface area (Å²) in [6, 6.07) is 0. The predicted molar refractivity (Wildman–Crippen MR) is 53.3 cm³/mol. The summed E-state index contributed by atoms with van der Waals surface area (Å²) in [5.41, 5.74) is 1.67. The lowest BCUT2D eigenvalue weighted by Gasteiger charge is -2.23. The highest BCUT2D eigenvalue weighted by Gasteiger charge is 2.15. The Hall–Kier alpha value is -0.0500. The minimum Gasteiger partial charge on any atom is -0.396 e. The summed E-state index contributed by atoms with van der Waals surface area (Å²) < 4.78 is 0. The van der Waals surface area contributed by atoms with Crippen molar-refractivity contribution >= 4 is 11.6 Å². The van der Waals surface area contributed by atoms with Crippen molar-refractivity contribution in [3.8, 4) is 0 Å². The van der Waals surface area contributed by atoms with Crippen LogP contribution in [0.3, 0.4) is 0 Å². The topological polar surface area (TPSA) is 32.3 Å². The van der Waals surface area contributed by atoms with Crippen LogP contribution in [0.4, 0.5) is 0 Å². The van der Waals surface area contributed by atoms with E-state index in [2.05, 4.69) is 19.2 Å². The molecule has 0 aromatic carbocycles. The highest BCUT2D eigenvalue weighted by Crippen LogP contribution is 2.17. The van der Waals surface area contributed by atoms with Crippen LogP contribution in [0.15, 0.2) is 11.6 Å². The molecule has 2 nitrogen and oxygen atoms in total. The predicted octanol–water partition coefficient (Wildman–Crippen LogP) is 1.74. The number of hydrogen-bond acceptors (Lipinski definition) is 2. The average molecular weight is 192 g/mol. The molecule has 0 aromatic heterocycles. The van der Waals surface area contributed by atoms with E-state index in [1.165, 1.54) is 5.54 Å². The van der Waals surface area contributed by atoms with Gasteiger partial charge in [-0.3, -0.25) is 0 Å². The second kappa shape index (κ2) is 6.46. The Labute approximate surface area is 79.6 Å². The van der Waals surface area contributed by atoms with E-state index in [-0.39, 0.29) is 12.0 Å². The fourth-order valence-corrected chi connectivity index (χ4v) is 1.02. The van der Waals surface area contributed by atoms with Gasteiger partial charge in [0.2, 0.25) is 0 Å². The summed E-state index contributed by atoms with van der Waals surface area (Å²) in [5, 5.41) is 12.0. The molecule has 0 aliphatic rings. The molecule has 3 heteroatoms. The van der Waals surface area contributed by atoms with Crippen LogP contribution in [0.2, 0.25) is 0 Å². The fraction of sp³-hybridized carbons (Fsp3) is 0.778. The molecule has 0 heterocycles. The lowest BCUT2D eigenvalue weighted by atomic mass is 9.90. The molecule has 0 saturated carbocycles. The number of nitrogens with one attached hydrogen (secondary N) is 1. The van der Waals surface area contributed by atoms with Crippen LogP contribution < -0.4 is 5.32 Å². The van der Waals surface area contributed by atoms with E-state index in [0.717, 1.165) is 19.5 Å². The highest BCUT2D eigenvalue weighted by molar-refractivity contribution is 6.25. The van der Waals surface area contributed by atoms with Gasteiger partial charge in [-0.1, -0.05) is 31.5 Å². The first-order valence-corrected chi connectivity index (χ1v) is 4.63. The van der Waals surface area contributed by atoms with E-state index in [1.807, 2.05) is 6.08 Å². The quantitative estimate of drug-likeness (QED) is 0.627. The molecule has 0 fully saturated rings. The van der Waals surface area contributed by atoms with Gasteiger partial charge in [-0.05, 0) is 11.8 Å². The van der Waals surface area contributed by atoms with Crippen LogP contribution in [-0.2, 0) is 0 Å². The lowest BCUT2D eigenvalue weighted by Crippen LogP contribution is -2.30. The monoisotopic (exact) mass is 191 g/mol. The van der Waals surface area contributed by atoms with Crippen molar-refractivity contribution in [1.82, 2.24) is 5.32 Å². The maximum Gasteiger partial charge on any atom is 0.0436 e. The Kier molecular flexibility index (Phi) is 6.44. The maximum absolute atomic E-state index is 8.74. The average Bonchev–Trinajstić information content (AvgIpc) is 1.98. The molecule has 0 aliphatic heterocycles. The fourth-order valence-electron chi connectivity index (χ4n) is 0.929. The van der Waals surface area contributed by atoms with Gasteiger partial charge >= 0.3 is 0 Å². The first-order valence-electron chi connectivity index (χ1n) is 4.19. The van der Waals surface area contributed by atoms with Gasteiger partial charge in [-0.15, -0.1) is 0 Å². The molecule has 0 saturated heterocycles. The molecule has 0 radical (unpaired) electrons. The molecule has 12 heavy (non-hydrogen) atoms. The molecular formula is C9H18ClNO. The Morgan fingerprint density at radius 3 is 2.67 bits per heavy atom. The molecule has 0 bridgehead atoms. The van der Waals surface area contributed by atoms with Gasteiger partial charge in [-0.2, -0.15) is 0 Å². The van der Waals surface area contributed by atoms with Crippen molar-refractivity contribution < 1.29 is 5.11 Å². The van der Waals surface area contributed by atoms with Crippen LogP contribution >= 0.6 is 11.6 Å². The molecule has 2 N–H and O–H groups in total. The van der Waals surface area contributed by atoms with Crippen LogP contribution in [0.25, 0.3) is 0 Å². The van der Waals surface area contributed by atoms with E-state index < -0.39 is 0 Å². The van der Waals surface area contributed by atoms with Gasteiger partial charge in [0.1, 0.15) is 0 Å². The largest absolute Gasteiger partial charge is 0.396 e. The van der Waals surface area contributed by atoms with Gasteiger partial charge in [-0.25, -0.2) is 0 Å². The van der Waals surface area contributed by atoms with Crippen LogP contribution in [0.5, 0.6) is 0 Å². The molecular weight excluding hydrogens is 174 g/mol. The molecule has 0 amide bonds. The van der Waals surface area contributed by atoms with Gasteiger partial charge in [0.15, 0.2) is 0 Å². The summed E-state index contributed by atoms with van der Waals surface area (Å²) in [7, 11) is 0. The minimum atomic E-state index is 0.162. The zero-order valence-corrected chi connectivity index (χ0v) is 8.56. The molecule has 0 atom stereocenters. The Morgan fingerprint density at radius 2 is 2.17 bits per heavy atom. The first-order chi connectivity index (χ1) is 5.62. The highest BCUT2D eigenvalue weighted by atomic mass is 35.5. The van der Waals surface area contributed by atoms with E-state index in [1.54, 1.807) is 0 Å². The summed E-state index contributed by atoms with van der Waals surface area (Å²) in [4.78, 5) is 0. The van der Waals surface area contributed by atoms with E-state index in [4.69, 9.17) is 16.7 Å². The zero-order valence-electron chi connectivity index (χ0n) is 7.81. The van der Waals surface area contributed by atoms with Crippen LogP contribution in [-0.4, -0.2) is 24.8 Å². The van der Waals surface area contributed by atoms with Gasteiger partial charge in [0.05, 0.1) is 0 Å². The molecule has 0 unspecified atom stereocenters. The normalized spacial score (nSPS) is 12.7. The van der Waals surface area contributed by atoms with Crippen LogP contribution in [0.1, 0.15) is 20.3 Å². The number of aliphatic hydroxyl groups is 1. The van der Waals surface area contributed by atoms with E-state index in [9.17, 15) is 0 Å². The van der Waals surface area contributed by atoms with Crippen LogP contribution in [0, 0.1) is 5.41 Å². The van der Waals surface area contributed by atoms with E-state index >= 15 is 0 Å². The minimum absolute atomic E-state index is 0.162. The number of hydrogen-bond donors (Lipinski definition) is 2. The maximum atomic E-state index is 8.74. The van der Waals surface area contributed by atoms with Crippen molar-refractivity contribution in [2.75, 3.05) is 19.7 Å². The van der Waals surface area contributed by atoms with Gasteiger partial charge < -0.3 is 10.4 Å². The number of aliphatic hydroxyl groups excluding tert-OH is 1. The molecule has 0 aromatic rings. The summed E-state index contributed by atoms with van der Waals surface area (Å²) in [5.74, 6) is 0. The lowest BCUT2D eigenvalue weighted by molar-refractivity contribution is 0.208. The van der Waals surface area contributed by atoms with Crippen molar-refractivity contribution in [3.05, 3.63) is 11.6 Å². The van der Waals surface area contributed by atoms with Crippen molar-refractivity contribution in [3.63, 3.8) is 0 Å². The molecule has 72 valence electrons. The Bertz CT molecular complexity index is 134. The third kappa shape index (κ3) is 6.65. The van der Waals surface area contributed by atoms with Crippen molar-refractivity contribution in [2.24, 2.45) is 5.41 Å². The Balaban J connectivity index is 3.46. The van der Waals surface area contributed by atoms with Crippen molar-refractivity contribution in [2.45, 2.75) is 20.3 Å². The standard InChI is InChI=1S/C9H18ClNO/c1-9(2,4-7-12)8-11-6-3-5-10/h3,5,11-12H,4,6-8H2,1-2H3/b5-3+. The smallest absolute Gasteiger partial charge is 0.0436 e. The number of halogens is 1.